The lowest BCUT2D eigenvalue weighted by molar-refractivity contribution is 0.613. The van der Waals surface area contributed by atoms with Crippen LogP contribution >= 0.6 is 0 Å². The van der Waals surface area contributed by atoms with E-state index in [9.17, 15) is 0 Å². The van der Waals surface area contributed by atoms with Crippen LogP contribution in [0.2, 0.25) is 0 Å². The molecule has 2 saturated heterocycles. The Balaban J connectivity index is 0.000000726. The zero-order valence-corrected chi connectivity index (χ0v) is 24.7. The fourth-order valence-corrected chi connectivity index (χ4v) is 6.39. The van der Waals surface area contributed by atoms with E-state index in [1.807, 2.05) is 40.1 Å². The third kappa shape index (κ3) is 5.13. The molecule has 5 aromatic rings. The van der Waals surface area contributed by atoms with Gasteiger partial charge < -0.3 is 25.0 Å². The predicted octanol–water partition coefficient (Wildman–Crippen LogP) is 7.88. The highest BCUT2D eigenvalue weighted by atomic mass is 16.3. The van der Waals surface area contributed by atoms with Crippen LogP contribution in [0.3, 0.4) is 0 Å². The minimum absolute atomic E-state index is 0.341. The first-order chi connectivity index (χ1) is 20.3. The summed E-state index contributed by atoms with van der Waals surface area (Å²) in [5.41, 5.74) is 9.28. The summed E-state index contributed by atoms with van der Waals surface area (Å²) in [6.07, 6.45) is 10.6. The lowest BCUT2D eigenvalue weighted by Gasteiger charge is -2.16. The number of hydrogen-bond acceptors (Lipinski definition) is 5. The topological polar surface area (TPSA) is 94.6 Å². The Hall–Kier alpha value is -3.68. The second-order valence-electron chi connectivity index (χ2n) is 10.7. The number of aromatic nitrogens is 4. The van der Waals surface area contributed by atoms with Gasteiger partial charge >= 0.3 is 0 Å². The Morgan fingerprint density at radius 3 is 1.95 bits per heavy atom. The van der Waals surface area contributed by atoms with Crippen molar-refractivity contribution < 1.29 is 4.42 Å². The molecular weight excluding hydrogens is 508 g/mol. The molecule has 214 valence electrons. The Morgan fingerprint density at radius 1 is 0.732 bits per heavy atom. The fraction of sp³-hybridized carbons (Fsp3) is 0.412. The number of rotatable bonds is 4. The quantitative estimate of drug-likeness (QED) is 0.183. The number of furan rings is 1. The molecule has 8 rings (SSSR count). The molecule has 3 aliphatic rings. The molecule has 0 saturated carbocycles. The molecule has 4 N–H and O–H groups in total. The van der Waals surface area contributed by atoms with Gasteiger partial charge in [0.15, 0.2) is 0 Å². The molecule has 0 radical (unpaired) electrons. The van der Waals surface area contributed by atoms with E-state index >= 15 is 0 Å². The minimum Gasteiger partial charge on any atom is -0.456 e. The third-order valence-corrected chi connectivity index (χ3v) is 8.38. The number of nitrogens with zero attached hydrogens (tertiary/aromatic N) is 2. The largest absolute Gasteiger partial charge is 0.456 e. The van der Waals surface area contributed by atoms with Gasteiger partial charge in [-0.3, -0.25) is 0 Å². The van der Waals surface area contributed by atoms with E-state index in [0.717, 1.165) is 78.7 Å². The van der Waals surface area contributed by atoms with Crippen molar-refractivity contribution in [3.63, 3.8) is 0 Å². The van der Waals surface area contributed by atoms with E-state index in [0.29, 0.717) is 12.1 Å². The number of imidazole rings is 2. The highest BCUT2D eigenvalue weighted by Gasteiger charge is 2.25. The molecule has 7 heteroatoms. The summed E-state index contributed by atoms with van der Waals surface area (Å²) in [6.45, 7) is 10.1. The maximum absolute atomic E-state index is 6.45. The lowest BCUT2D eigenvalue weighted by Crippen LogP contribution is -2.14. The van der Waals surface area contributed by atoms with Gasteiger partial charge in [-0.05, 0) is 87.0 Å². The van der Waals surface area contributed by atoms with Crippen LogP contribution in [0.1, 0.15) is 88.2 Å². The fourth-order valence-electron chi connectivity index (χ4n) is 6.39. The Morgan fingerprint density at radius 2 is 1.34 bits per heavy atom. The predicted molar refractivity (Wildman–Crippen MR) is 167 cm³/mol. The van der Waals surface area contributed by atoms with Crippen LogP contribution in [0, 0.1) is 0 Å². The number of benzene rings is 2. The summed E-state index contributed by atoms with van der Waals surface area (Å²) in [5, 5.41) is 8.26. The van der Waals surface area contributed by atoms with Crippen molar-refractivity contribution in [2.45, 2.75) is 78.3 Å². The van der Waals surface area contributed by atoms with E-state index in [2.05, 4.69) is 67.0 Å². The van der Waals surface area contributed by atoms with Gasteiger partial charge in [0.1, 0.15) is 23.0 Å². The highest BCUT2D eigenvalue weighted by molar-refractivity contribution is 5.92. The average molecular weight is 551 g/mol. The van der Waals surface area contributed by atoms with Crippen molar-refractivity contribution >= 4 is 11.0 Å². The second kappa shape index (κ2) is 12.0. The van der Waals surface area contributed by atoms with Crippen molar-refractivity contribution in [3.05, 3.63) is 71.6 Å². The summed E-state index contributed by atoms with van der Waals surface area (Å²) in [4.78, 5) is 16.4. The summed E-state index contributed by atoms with van der Waals surface area (Å²) in [6, 6.07) is 13.9. The highest BCUT2D eigenvalue weighted by Crippen LogP contribution is 2.42. The summed E-state index contributed by atoms with van der Waals surface area (Å²) in [5.74, 6) is 3.10. The molecule has 2 fully saturated rings. The van der Waals surface area contributed by atoms with Gasteiger partial charge in [0, 0.05) is 22.1 Å². The van der Waals surface area contributed by atoms with Gasteiger partial charge in [0.25, 0.3) is 0 Å². The molecule has 3 aromatic heterocycles. The second-order valence-corrected chi connectivity index (χ2v) is 10.7. The monoisotopic (exact) mass is 550 g/mol. The molecule has 1 aliphatic carbocycles. The van der Waals surface area contributed by atoms with Gasteiger partial charge in [-0.2, -0.15) is 0 Å². The summed E-state index contributed by atoms with van der Waals surface area (Å²) >= 11 is 0. The number of aromatic amines is 2. The van der Waals surface area contributed by atoms with E-state index in [4.69, 9.17) is 4.42 Å². The van der Waals surface area contributed by atoms with Crippen LogP contribution < -0.4 is 10.6 Å². The number of aryl methyl sites for hydroxylation is 2. The van der Waals surface area contributed by atoms with Crippen LogP contribution in [-0.2, 0) is 12.8 Å². The molecule has 2 atom stereocenters. The van der Waals surface area contributed by atoms with Crippen molar-refractivity contribution in [2.24, 2.45) is 0 Å². The van der Waals surface area contributed by atoms with E-state index < -0.39 is 0 Å². The third-order valence-electron chi connectivity index (χ3n) is 8.38. The zero-order valence-electron chi connectivity index (χ0n) is 24.7. The first-order valence-corrected chi connectivity index (χ1v) is 15.6. The van der Waals surface area contributed by atoms with Crippen LogP contribution in [0.4, 0.5) is 0 Å². The van der Waals surface area contributed by atoms with Crippen molar-refractivity contribution in [2.75, 3.05) is 13.1 Å². The summed E-state index contributed by atoms with van der Waals surface area (Å²) < 4.78 is 6.45. The molecule has 0 amide bonds. The SMILES string of the molecule is CC.CC.c1cc2oc3c(c2cc1-c1cnc(C2CCCN2)[nH]1)CCc1cc(-c2cnc([C@@H]4CCCN4)[nH]2)ccc1-3. The van der Waals surface area contributed by atoms with Gasteiger partial charge in [0.2, 0.25) is 0 Å². The van der Waals surface area contributed by atoms with Crippen LogP contribution in [0.15, 0.2) is 53.2 Å². The van der Waals surface area contributed by atoms with E-state index in [1.165, 1.54) is 40.5 Å². The van der Waals surface area contributed by atoms with Crippen LogP contribution in [-0.4, -0.2) is 33.0 Å². The molecule has 41 heavy (non-hydrogen) atoms. The molecule has 2 aromatic carbocycles. The Labute approximate surface area is 242 Å². The Bertz CT molecular complexity index is 1610. The van der Waals surface area contributed by atoms with E-state index in [1.54, 1.807) is 0 Å². The molecule has 5 heterocycles. The molecule has 1 unspecified atom stereocenters. The number of nitrogens with one attached hydrogen (secondary N) is 4. The van der Waals surface area contributed by atoms with Gasteiger partial charge in [-0.15, -0.1) is 0 Å². The lowest BCUT2D eigenvalue weighted by atomic mass is 9.88. The molecule has 0 bridgehead atoms. The molecule has 0 spiro atoms. The normalized spacial score (nSPS) is 19.2. The first kappa shape index (κ1) is 27.5. The van der Waals surface area contributed by atoms with Crippen LogP contribution in [0.5, 0.6) is 0 Å². The smallest absolute Gasteiger partial charge is 0.138 e. The van der Waals surface area contributed by atoms with Crippen LogP contribution in [0.25, 0.3) is 44.8 Å². The van der Waals surface area contributed by atoms with Crippen molar-refractivity contribution in [1.82, 2.24) is 30.6 Å². The average Bonchev–Trinajstić information content (AvgIpc) is 3.87. The minimum atomic E-state index is 0.341. The van der Waals surface area contributed by atoms with Gasteiger partial charge in [0.05, 0.1) is 35.9 Å². The molecular formula is C34H42N6O. The number of H-pyrrole nitrogens is 2. The first-order valence-electron chi connectivity index (χ1n) is 15.6. The number of fused-ring (bicyclic) bond motifs is 5. The summed E-state index contributed by atoms with van der Waals surface area (Å²) in [7, 11) is 0. The van der Waals surface area contributed by atoms with E-state index in [-0.39, 0.29) is 0 Å². The number of hydrogen-bond donors (Lipinski definition) is 4. The molecule has 7 nitrogen and oxygen atoms in total. The zero-order chi connectivity index (χ0) is 28.3. The Kier molecular flexibility index (Phi) is 8.08. The van der Waals surface area contributed by atoms with Gasteiger partial charge in [-0.1, -0.05) is 39.8 Å². The van der Waals surface area contributed by atoms with Crippen molar-refractivity contribution in [3.8, 4) is 33.8 Å². The maximum Gasteiger partial charge on any atom is 0.138 e. The van der Waals surface area contributed by atoms with Crippen molar-refractivity contribution in [1.29, 1.82) is 0 Å². The standard InChI is InChI=1S/C30H30N6O.2C2H6/c1-3-23(31-11-1)29-33-15-25(35-29)18-6-8-20-17(13-18)5-9-21-22-14-19(7-10-27(22)37-28(20)21)26-16-34-30(36-26)24-4-2-12-32-24;2*1-2/h6-8,10,13-16,23-24,31-32H,1-5,9,11-12H2,(H,33,35)(H,34,36);2*1-2H3/t23-,24?;;/m0../s1. The molecule has 2 aliphatic heterocycles. The maximum atomic E-state index is 6.45. The van der Waals surface area contributed by atoms with Gasteiger partial charge in [-0.25, -0.2) is 9.97 Å².